The molecule has 0 saturated carbocycles. The molecule has 0 aromatic carbocycles. The van der Waals surface area contributed by atoms with Gasteiger partial charge >= 0.3 is 11.9 Å². The highest BCUT2D eigenvalue weighted by atomic mass is 16.4. The van der Waals surface area contributed by atoms with Gasteiger partial charge in [-0.1, -0.05) is 13.8 Å². The first-order chi connectivity index (χ1) is 16.1. The molecule has 0 rings (SSSR count). The predicted molar refractivity (Wildman–Crippen MR) is 120 cm³/mol. The third kappa shape index (κ3) is 12.9. The van der Waals surface area contributed by atoms with Crippen LogP contribution in [0.2, 0.25) is 0 Å². The molecule has 4 atom stereocenters. The van der Waals surface area contributed by atoms with E-state index in [2.05, 4.69) is 16.0 Å². The van der Waals surface area contributed by atoms with E-state index in [1.165, 1.54) is 0 Å². The molecule has 0 aliphatic carbocycles. The van der Waals surface area contributed by atoms with Crippen molar-refractivity contribution in [3.63, 3.8) is 0 Å². The number of hydrogen-bond acceptors (Lipinski definition) is 8. The van der Waals surface area contributed by atoms with Crippen molar-refractivity contribution in [2.24, 2.45) is 23.1 Å². The maximum atomic E-state index is 12.9. The minimum Gasteiger partial charge on any atom is -0.481 e. The molecule has 5 amide bonds. The van der Waals surface area contributed by atoms with Crippen molar-refractivity contribution >= 4 is 41.5 Å². The highest BCUT2D eigenvalue weighted by molar-refractivity contribution is 5.94. The van der Waals surface area contributed by atoms with Crippen molar-refractivity contribution in [2.75, 3.05) is 0 Å². The van der Waals surface area contributed by atoms with Crippen LogP contribution in [0.15, 0.2) is 0 Å². The summed E-state index contributed by atoms with van der Waals surface area (Å²) in [5.74, 6) is -7.27. The van der Waals surface area contributed by atoms with Crippen LogP contribution in [0, 0.1) is 5.92 Å². The van der Waals surface area contributed by atoms with Gasteiger partial charge in [-0.25, -0.2) is 4.79 Å². The van der Waals surface area contributed by atoms with Gasteiger partial charge in [0.25, 0.3) is 0 Å². The van der Waals surface area contributed by atoms with Crippen molar-refractivity contribution in [1.29, 1.82) is 0 Å². The van der Waals surface area contributed by atoms with E-state index in [1.807, 2.05) is 0 Å². The van der Waals surface area contributed by atoms with Crippen molar-refractivity contribution in [2.45, 2.75) is 76.5 Å². The molecule has 15 heteroatoms. The fourth-order valence-corrected chi connectivity index (χ4v) is 2.75. The van der Waals surface area contributed by atoms with Crippen molar-refractivity contribution in [3.05, 3.63) is 0 Å². The number of nitrogens with one attached hydrogen (secondary N) is 3. The van der Waals surface area contributed by atoms with Gasteiger partial charge in [0.2, 0.25) is 29.5 Å². The first-order valence-electron chi connectivity index (χ1n) is 10.8. The van der Waals surface area contributed by atoms with E-state index < -0.39 is 78.5 Å². The quantitative estimate of drug-likeness (QED) is 0.0991. The molecule has 0 spiro atoms. The van der Waals surface area contributed by atoms with Crippen LogP contribution in [0.4, 0.5) is 0 Å². The number of amides is 5. The highest BCUT2D eigenvalue weighted by Gasteiger charge is 2.31. The zero-order valence-corrected chi connectivity index (χ0v) is 19.6. The molecule has 0 radical (unpaired) electrons. The Labute approximate surface area is 201 Å². The summed E-state index contributed by atoms with van der Waals surface area (Å²) < 4.78 is 0. The molecule has 198 valence electrons. The average molecular weight is 503 g/mol. The summed E-state index contributed by atoms with van der Waals surface area (Å²) in [5.41, 5.74) is 15.9. The molecular weight excluding hydrogens is 468 g/mol. The van der Waals surface area contributed by atoms with Gasteiger partial charge in [0, 0.05) is 19.3 Å². The van der Waals surface area contributed by atoms with Crippen LogP contribution in [-0.2, 0) is 33.6 Å². The number of carboxylic acid groups (broad SMARTS) is 2. The Bertz CT molecular complexity index is 817. The number of primary amides is 2. The molecule has 0 aromatic heterocycles. The summed E-state index contributed by atoms with van der Waals surface area (Å²) in [5, 5.41) is 25.0. The Morgan fingerprint density at radius 3 is 1.40 bits per heavy atom. The molecule has 0 aliphatic heterocycles. The van der Waals surface area contributed by atoms with E-state index in [0.29, 0.717) is 0 Å². The fraction of sp³-hybridized carbons (Fsp3) is 0.650. The van der Waals surface area contributed by atoms with Gasteiger partial charge in [0.1, 0.15) is 18.1 Å². The molecule has 0 aliphatic rings. The van der Waals surface area contributed by atoms with Crippen LogP contribution in [-0.4, -0.2) is 75.9 Å². The molecular formula is C20H34N6O9. The monoisotopic (exact) mass is 502 g/mol. The molecule has 0 aromatic rings. The minimum absolute atomic E-state index is 0.235. The van der Waals surface area contributed by atoms with Crippen LogP contribution in [0.3, 0.4) is 0 Å². The maximum Gasteiger partial charge on any atom is 0.326 e. The lowest BCUT2D eigenvalue weighted by Crippen LogP contribution is -2.57. The zero-order chi connectivity index (χ0) is 27.3. The van der Waals surface area contributed by atoms with Gasteiger partial charge in [0.05, 0.1) is 6.04 Å². The summed E-state index contributed by atoms with van der Waals surface area (Å²) in [6, 6.07) is -5.37. The number of hydrogen-bond donors (Lipinski definition) is 8. The zero-order valence-electron chi connectivity index (χ0n) is 19.6. The van der Waals surface area contributed by atoms with Crippen LogP contribution in [0.1, 0.15) is 52.4 Å². The van der Waals surface area contributed by atoms with E-state index >= 15 is 0 Å². The Kier molecular flexibility index (Phi) is 13.6. The SMILES string of the molecule is CC(C)C(N)C(=O)NC(CCC(N)=O)C(=O)NC(CCC(=O)O)C(=O)NC(CCC(N)=O)C(=O)O. The minimum atomic E-state index is -1.53. The number of carboxylic acids is 2. The Balaban J connectivity index is 5.65. The van der Waals surface area contributed by atoms with Crippen LogP contribution in [0.25, 0.3) is 0 Å². The van der Waals surface area contributed by atoms with E-state index in [-0.39, 0.29) is 31.6 Å². The number of aliphatic carboxylic acids is 2. The normalized spacial score (nSPS) is 14.2. The average Bonchev–Trinajstić information content (AvgIpc) is 2.74. The van der Waals surface area contributed by atoms with Gasteiger partial charge in [-0.15, -0.1) is 0 Å². The fourth-order valence-electron chi connectivity index (χ4n) is 2.75. The lowest BCUT2D eigenvalue weighted by atomic mass is 10.0. The van der Waals surface area contributed by atoms with Crippen LogP contribution >= 0.6 is 0 Å². The summed E-state index contributed by atoms with van der Waals surface area (Å²) in [6.45, 7) is 3.35. The maximum absolute atomic E-state index is 12.9. The van der Waals surface area contributed by atoms with E-state index in [1.54, 1.807) is 13.8 Å². The summed E-state index contributed by atoms with van der Waals surface area (Å²) in [6.07, 6.45) is -2.19. The Hall–Kier alpha value is -3.75. The smallest absolute Gasteiger partial charge is 0.326 e. The lowest BCUT2D eigenvalue weighted by molar-refractivity contribution is -0.143. The van der Waals surface area contributed by atoms with Gasteiger partial charge in [-0.2, -0.15) is 0 Å². The van der Waals surface area contributed by atoms with Gasteiger partial charge < -0.3 is 43.4 Å². The number of carbonyl (C=O) groups is 7. The molecule has 35 heavy (non-hydrogen) atoms. The first-order valence-corrected chi connectivity index (χ1v) is 10.8. The topological polar surface area (TPSA) is 274 Å². The van der Waals surface area contributed by atoms with Crippen molar-refractivity contribution < 1.29 is 43.8 Å². The third-order valence-electron chi connectivity index (χ3n) is 4.91. The van der Waals surface area contributed by atoms with E-state index in [4.69, 9.17) is 22.3 Å². The predicted octanol–water partition coefficient (Wildman–Crippen LogP) is -3.10. The molecule has 0 fully saturated rings. The summed E-state index contributed by atoms with van der Waals surface area (Å²) >= 11 is 0. The second-order valence-electron chi connectivity index (χ2n) is 8.23. The molecule has 15 nitrogen and oxygen atoms in total. The summed E-state index contributed by atoms with van der Waals surface area (Å²) in [4.78, 5) is 82.4. The largest absolute Gasteiger partial charge is 0.481 e. The summed E-state index contributed by atoms with van der Waals surface area (Å²) in [7, 11) is 0. The number of rotatable bonds is 17. The third-order valence-corrected chi connectivity index (χ3v) is 4.91. The van der Waals surface area contributed by atoms with Crippen molar-refractivity contribution in [3.8, 4) is 0 Å². The van der Waals surface area contributed by atoms with Crippen LogP contribution < -0.4 is 33.2 Å². The van der Waals surface area contributed by atoms with Crippen molar-refractivity contribution in [1.82, 2.24) is 16.0 Å². The van der Waals surface area contributed by atoms with Gasteiger partial charge in [-0.05, 0) is 25.2 Å². The lowest BCUT2D eigenvalue weighted by Gasteiger charge is -2.25. The molecule has 0 saturated heterocycles. The van der Waals surface area contributed by atoms with E-state index in [0.717, 1.165) is 0 Å². The number of carbonyl (C=O) groups excluding carboxylic acids is 5. The molecule has 4 unspecified atom stereocenters. The number of nitrogens with two attached hydrogens (primary N) is 3. The van der Waals surface area contributed by atoms with Gasteiger partial charge in [0.15, 0.2) is 0 Å². The molecule has 0 bridgehead atoms. The first kappa shape index (κ1) is 31.2. The second-order valence-corrected chi connectivity index (χ2v) is 8.23. The second kappa shape index (κ2) is 15.2. The van der Waals surface area contributed by atoms with Crippen LogP contribution in [0.5, 0.6) is 0 Å². The molecule has 11 N–H and O–H groups in total. The standard InChI is InChI=1S/C20H34N6O9/c1-9(2)16(23)19(33)25-10(3-6-13(21)27)17(31)24-11(5-8-15(29)30)18(32)26-12(20(34)35)4-7-14(22)28/h9-12,16H,3-8,23H2,1-2H3,(H2,21,27)(H2,22,28)(H,24,31)(H,25,33)(H,26,32)(H,29,30)(H,34,35). The highest BCUT2D eigenvalue weighted by Crippen LogP contribution is 2.06. The van der Waals surface area contributed by atoms with E-state index in [9.17, 15) is 38.7 Å². The molecule has 0 heterocycles. The Morgan fingerprint density at radius 2 is 1.03 bits per heavy atom. The Morgan fingerprint density at radius 1 is 0.657 bits per heavy atom. The van der Waals surface area contributed by atoms with Gasteiger partial charge in [-0.3, -0.25) is 28.8 Å².